The van der Waals surface area contributed by atoms with Crippen LogP contribution in [0.15, 0.2) is 42.7 Å². The molecule has 27 heavy (non-hydrogen) atoms. The summed E-state index contributed by atoms with van der Waals surface area (Å²) in [6, 6.07) is 10.3. The highest BCUT2D eigenvalue weighted by Gasteiger charge is 2.22. The van der Waals surface area contributed by atoms with Crippen LogP contribution in [-0.2, 0) is 11.3 Å². The van der Waals surface area contributed by atoms with Gasteiger partial charge < -0.3 is 9.64 Å². The monoisotopic (exact) mass is 367 g/mol. The summed E-state index contributed by atoms with van der Waals surface area (Å²) in [5, 5.41) is 0. The summed E-state index contributed by atoms with van der Waals surface area (Å²) in [7, 11) is 0. The first-order valence-corrected chi connectivity index (χ1v) is 9.65. The number of benzene rings is 1. The minimum Gasteiger partial charge on any atom is -0.483 e. The zero-order valence-electron chi connectivity index (χ0n) is 16.5. The zero-order chi connectivity index (χ0) is 19.2. The molecule has 0 aliphatic carbocycles. The molecule has 0 spiro atoms. The summed E-state index contributed by atoms with van der Waals surface area (Å²) >= 11 is 0. The number of amides is 1. The Morgan fingerprint density at radius 1 is 1.19 bits per heavy atom. The number of ether oxygens (including phenoxy) is 1. The van der Waals surface area contributed by atoms with Gasteiger partial charge in [-0.15, -0.1) is 0 Å². The fourth-order valence-corrected chi connectivity index (χ4v) is 3.38. The Kier molecular flexibility index (Phi) is 6.45. The molecule has 2 heterocycles. The average molecular weight is 367 g/mol. The number of rotatable bonds is 6. The van der Waals surface area contributed by atoms with Crippen LogP contribution in [0.1, 0.15) is 36.5 Å². The molecule has 5 nitrogen and oxygen atoms in total. The molecule has 0 N–H and O–H groups in total. The molecule has 144 valence electrons. The van der Waals surface area contributed by atoms with Gasteiger partial charge in [0.25, 0.3) is 5.91 Å². The predicted octanol–water partition coefficient (Wildman–Crippen LogP) is 3.24. The van der Waals surface area contributed by atoms with Gasteiger partial charge in [-0.05, 0) is 41.7 Å². The number of pyridine rings is 1. The minimum absolute atomic E-state index is 0.0623. The number of carbonyl (C=O) groups excluding carboxylic acids is 1. The molecule has 2 aromatic rings. The fraction of sp³-hybridized carbons (Fsp3) is 0.455. The molecule has 1 aromatic heterocycles. The van der Waals surface area contributed by atoms with Crippen LogP contribution in [0.25, 0.3) is 0 Å². The van der Waals surface area contributed by atoms with Crippen LogP contribution in [-0.4, -0.2) is 53.5 Å². The average Bonchev–Trinajstić information content (AvgIpc) is 2.67. The van der Waals surface area contributed by atoms with Gasteiger partial charge in [-0.25, -0.2) is 0 Å². The summed E-state index contributed by atoms with van der Waals surface area (Å²) in [5.74, 6) is 1.26. The van der Waals surface area contributed by atoms with E-state index in [-0.39, 0.29) is 12.5 Å². The molecular formula is C22H29N3O2. The van der Waals surface area contributed by atoms with Crippen LogP contribution in [0, 0.1) is 6.92 Å². The molecule has 0 radical (unpaired) electrons. The van der Waals surface area contributed by atoms with Gasteiger partial charge in [-0.2, -0.15) is 0 Å². The van der Waals surface area contributed by atoms with Crippen molar-refractivity contribution in [2.24, 2.45) is 0 Å². The number of aromatic nitrogens is 1. The third kappa shape index (κ3) is 5.30. The Morgan fingerprint density at radius 3 is 2.63 bits per heavy atom. The molecule has 5 heteroatoms. The number of piperazine rings is 1. The first-order valence-electron chi connectivity index (χ1n) is 9.65. The Morgan fingerprint density at radius 2 is 1.96 bits per heavy atom. The highest BCUT2D eigenvalue weighted by molar-refractivity contribution is 5.78. The first-order chi connectivity index (χ1) is 13.0. The summed E-state index contributed by atoms with van der Waals surface area (Å²) in [6.07, 6.45) is 3.69. The molecule has 0 bridgehead atoms. The smallest absolute Gasteiger partial charge is 0.260 e. The van der Waals surface area contributed by atoms with Gasteiger partial charge in [0.15, 0.2) is 6.61 Å². The van der Waals surface area contributed by atoms with Crippen LogP contribution in [0.4, 0.5) is 0 Å². The van der Waals surface area contributed by atoms with E-state index in [0.717, 1.165) is 49.6 Å². The van der Waals surface area contributed by atoms with E-state index in [1.165, 1.54) is 5.56 Å². The molecule has 0 unspecified atom stereocenters. The lowest BCUT2D eigenvalue weighted by molar-refractivity contribution is -0.135. The Balaban J connectivity index is 1.49. The highest BCUT2D eigenvalue weighted by atomic mass is 16.5. The molecule has 0 atom stereocenters. The summed E-state index contributed by atoms with van der Waals surface area (Å²) in [4.78, 5) is 21.0. The molecule has 1 aliphatic rings. The highest BCUT2D eigenvalue weighted by Crippen LogP contribution is 2.27. The van der Waals surface area contributed by atoms with E-state index in [0.29, 0.717) is 5.92 Å². The number of hydrogen-bond acceptors (Lipinski definition) is 4. The van der Waals surface area contributed by atoms with Crippen LogP contribution >= 0.6 is 0 Å². The van der Waals surface area contributed by atoms with Crippen molar-refractivity contribution in [2.45, 2.75) is 33.2 Å². The van der Waals surface area contributed by atoms with Crippen LogP contribution < -0.4 is 4.74 Å². The summed E-state index contributed by atoms with van der Waals surface area (Å²) in [6.45, 7) is 10.5. The molecule has 1 amide bonds. The minimum atomic E-state index is 0.0623. The quantitative estimate of drug-likeness (QED) is 0.786. The van der Waals surface area contributed by atoms with Gasteiger partial charge in [-0.1, -0.05) is 32.0 Å². The maximum absolute atomic E-state index is 12.6. The van der Waals surface area contributed by atoms with Gasteiger partial charge in [0.2, 0.25) is 0 Å². The van der Waals surface area contributed by atoms with Gasteiger partial charge >= 0.3 is 0 Å². The normalized spacial score (nSPS) is 15.2. The summed E-state index contributed by atoms with van der Waals surface area (Å²) < 4.78 is 5.90. The van der Waals surface area contributed by atoms with Crippen molar-refractivity contribution in [3.63, 3.8) is 0 Å². The molecule has 1 saturated heterocycles. The maximum Gasteiger partial charge on any atom is 0.260 e. The van der Waals surface area contributed by atoms with Crippen molar-refractivity contribution in [1.82, 2.24) is 14.8 Å². The van der Waals surface area contributed by atoms with E-state index in [1.54, 1.807) is 6.20 Å². The molecule has 3 rings (SSSR count). The van der Waals surface area contributed by atoms with Crippen LogP contribution in [0.3, 0.4) is 0 Å². The third-order valence-corrected chi connectivity index (χ3v) is 5.00. The molecule has 1 aromatic carbocycles. The molecule has 1 aliphatic heterocycles. The van der Waals surface area contributed by atoms with Gasteiger partial charge in [0, 0.05) is 45.1 Å². The van der Waals surface area contributed by atoms with Crippen molar-refractivity contribution in [1.29, 1.82) is 0 Å². The predicted molar refractivity (Wildman–Crippen MR) is 107 cm³/mol. The number of hydrogen-bond donors (Lipinski definition) is 0. The second kappa shape index (κ2) is 9.00. The van der Waals surface area contributed by atoms with E-state index in [2.05, 4.69) is 41.9 Å². The molecule has 1 fully saturated rings. The Bertz CT molecular complexity index is 753. The van der Waals surface area contributed by atoms with Crippen molar-refractivity contribution in [3.05, 3.63) is 59.4 Å². The van der Waals surface area contributed by atoms with E-state index in [4.69, 9.17) is 4.74 Å². The maximum atomic E-state index is 12.6. The van der Waals surface area contributed by atoms with Crippen molar-refractivity contribution in [2.75, 3.05) is 32.8 Å². The van der Waals surface area contributed by atoms with Crippen molar-refractivity contribution in [3.8, 4) is 5.75 Å². The lowest BCUT2D eigenvalue weighted by Gasteiger charge is -2.34. The van der Waals surface area contributed by atoms with Gasteiger partial charge in [-0.3, -0.25) is 14.7 Å². The van der Waals surface area contributed by atoms with E-state index in [9.17, 15) is 4.79 Å². The lowest BCUT2D eigenvalue weighted by atomic mass is 10.0. The Hall–Kier alpha value is -2.40. The molecule has 0 saturated carbocycles. The van der Waals surface area contributed by atoms with Crippen molar-refractivity contribution < 1.29 is 9.53 Å². The largest absolute Gasteiger partial charge is 0.483 e. The van der Waals surface area contributed by atoms with Gasteiger partial charge in [0.1, 0.15) is 5.75 Å². The van der Waals surface area contributed by atoms with E-state index in [1.807, 2.05) is 30.2 Å². The topological polar surface area (TPSA) is 45.7 Å². The SMILES string of the molecule is Cc1ccc(C(C)C)c(OCC(=O)N2CCN(Cc3cccnc3)CC2)c1. The third-order valence-electron chi connectivity index (χ3n) is 5.00. The van der Waals surface area contributed by atoms with Crippen LogP contribution in [0.5, 0.6) is 5.75 Å². The van der Waals surface area contributed by atoms with Gasteiger partial charge in [0.05, 0.1) is 0 Å². The number of carbonyl (C=O) groups is 1. The fourth-order valence-electron chi connectivity index (χ4n) is 3.38. The standard InChI is InChI=1S/C22H29N3O2/c1-17(2)20-7-6-18(3)13-21(20)27-16-22(26)25-11-9-24(10-12-25)15-19-5-4-8-23-14-19/h4-8,13-14,17H,9-12,15-16H2,1-3H3. The Labute approximate surface area is 162 Å². The number of aryl methyl sites for hydroxylation is 1. The molecular weight excluding hydrogens is 338 g/mol. The number of nitrogens with zero attached hydrogens (tertiary/aromatic N) is 3. The lowest BCUT2D eigenvalue weighted by Crippen LogP contribution is -2.49. The van der Waals surface area contributed by atoms with E-state index < -0.39 is 0 Å². The van der Waals surface area contributed by atoms with E-state index >= 15 is 0 Å². The first kappa shape index (κ1) is 19.4. The zero-order valence-corrected chi connectivity index (χ0v) is 16.5. The van der Waals surface area contributed by atoms with Crippen molar-refractivity contribution >= 4 is 5.91 Å². The van der Waals surface area contributed by atoms with Crippen LogP contribution in [0.2, 0.25) is 0 Å². The summed E-state index contributed by atoms with van der Waals surface area (Å²) in [5.41, 5.74) is 3.50. The second-order valence-electron chi connectivity index (χ2n) is 7.50. The second-order valence-corrected chi connectivity index (χ2v) is 7.50.